The van der Waals surface area contributed by atoms with Crippen LogP contribution in [0, 0.1) is 0 Å². The van der Waals surface area contributed by atoms with Crippen molar-refractivity contribution in [2.24, 2.45) is 4.99 Å². The highest BCUT2D eigenvalue weighted by Crippen LogP contribution is 2.30. The van der Waals surface area contributed by atoms with Gasteiger partial charge in [-0.3, -0.25) is 9.69 Å². The van der Waals surface area contributed by atoms with E-state index in [0.29, 0.717) is 16.3 Å². The first-order valence-electron chi connectivity index (χ1n) is 7.28. The van der Waals surface area contributed by atoms with E-state index in [9.17, 15) is 9.59 Å². The number of amides is 1. The molecule has 25 heavy (non-hydrogen) atoms. The molecule has 0 fully saturated rings. The Hall–Kier alpha value is -2.63. The second-order valence-electron chi connectivity index (χ2n) is 5.17. The lowest BCUT2D eigenvalue weighted by molar-refractivity contribution is -0.130. The molecule has 7 heteroatoms. The fourth-order valence-electron chi connectivity index (χ4n) is 2.23. The molecule has 2 aromatic carbocycles. The number of carbonyl (C=O) groups is 2. The molecule has 1 aliphatic heterocycles. The van der Waals surface area contributed by atoms with E-state index >= 15 is 0 Å². The number of cyclic esters (lactones) is 1. The Morgan fingerprint density at radius 3 is 2.52 bits per heavy atom. The Morgan fingerprint density at radius 1 is 1.16 bits per heavy atom. The highest BCUT2D eigenvalue weighted by Gasteiger charge is 2.26. The SMILES string of the molecule is CC(=O)N(C=C1N=C(c2ccccc2)OC1=O)c1ccc(Cl)cc1Cl. The predicted molar refractivity (Wildman–Crippen MR) is 96.8 cm³/mol. The Morgan fingerprint density at radius 2 is 1.88 bits per heavy atom. The molecule has 5 nitrogen and oxygen atoms in total. The molecule has 0 bridgehead atoms. The Kier molecular flexibility index (Phi) is 4.88. The third kappa shape index (κ3) is 3.73. The van der Waals surface area contributed by atoms with Crippen LogP contribution in [-0.4, -0.2) is 17.8 Å². The number of ether oxygens (including phenoxy) is 1. The van der Waals surface area contributed by atoms with E-state index in [1.165, 1.54) is 24.1 Å². The molecule has 0 aromatic heterocycles. The fourth-order valence-corrected chi connectivity index (χ4v) is 2.73. The molecule has 0 radical (unpaired) electrons. The van der Waals surface area contributed by atoms with Crippen LogP contribution in [0.1, 0.15) is 12.5 Å². The maximum absolute atomic E-state index is 12.1. The number of hydrogen-bond donors (Lipinski definition) is 0. The summed E-state index contributed by atoms with van der Waals surface area (Å²) in [6.45, 7) is 1.35. The van der Waals surface area contributed by atoms with Crippen molar-refractivity contribution in [3.05, 3.63) is 76.0 Å². The highest BCUT2D eigenvalue weighted by atomic mass is 35.5. The minimum absolute atomic E-state index is 0.0000646. The molecule has 1 amide bonds. The first kappa shape index (κ1) is 17.2. The van der Waals surface area contributed by atoms with Gasteiger partial charge in [-0.15, -0.1) is 0 Å². The normalized spacial score (nSPS) is 15.1. The Bertz CT molecular complexity index is 908. The van der Waals surface area contributed by atoms with Crippen molar-refractivity contribution in [3.8, 4) is 0 Å². The zero-order valence-electron chi connectivity index (χ0n) is 13.1. The van der Waals surface area contributed by atoms with E-state index in [1.54, 1.807) is 24.3 Å². The third-order valence-electron chi connectivity index (χ3n) is 3.40. The second kappa shape index (κ2) is 7.09. The van der Waals surface area contributed by atoms with Crippen LogP contribution in [0.15, 0.2) is 65.4 Å². The lowest BCUT2D eigenvalue weighted by Crippen LogP contribution is -2.23. The second-order valence-corrected chi connectivity index (χ2v) is 6.02. The molecule has 0 atom stereocenters. The smallest absolute Gasteiger partial charge is 0.365 e. The van der Waals surface area contributed by atoms with Gasteiger partial charge in [0.15, 0.2) is 5.70 Å². The lowest BCUT2D eigenvalue weighted by Gasteiger charge is -2.18. The van der Waals surface area contributed by atoms with Crippen LogP contribution in [0.4, 0.5) is 5.69 Å². The average Bonchev–Trinajstić information content (AvgIpc) is 2.95. The van der Waals surface area contributed by atoms with Gasteiger partial charge in [-0.1, -0.05) is 41.4 Å². The van der Waals surface area contributed by atoms with Crippen molar-refractivity contribution in [1.29, 1.82) is 0 Å². The van der Waals surface area contributed by atoms with Gasteiger partial charge >= 0.3 is 5.97 Å². The summed E-state index contributed by atoms with van der Waals surface area (Å²) in [4.78, 5) is 29.5. The summed E-state index contributed by atoms with van der Waals surface area (Å²) < 4.78 is 5.18. The molecule has 126 valence electrons. The van der Waals surface area contributed by atoms with Crippen molar-refractivity contribution in [3.63, 3.8) is 0 Å². The number of carbonyl (C=O) groups excluding carboxylic acids is 2. The largest absolute Gasteiger partial charge is 0.402 e. The van der Waals surface area contributed by atoms with Crippen molar-refractivity contribution in [2.75, 3.05) is 4.90 Å². The number of nitrogens with zero attached hydrogens (tertiary/aromatic N) is 2. The van der Waals surface area contributed by atoms with Crippen molar-refractivity contribution in [1.82, 2.24) is 0 Å². The van der Waals surface area contributed by atoms with Crippen LogP contribution in [-0.2, 0) is 14.3 Å². The van der Waals surface area contributed by atoms with Crippen LogP contribution >= 0.6 is 23.2 Å². The maximum Gasteiger partial charge on any atom is 0.365 e. The molecule has 0 spiro atoms. The Balaban J connectivity index is 1.99. The number of benzene rings is 2. The zero-order chi connectivity index (χ0) is 18.0. The van der Waals surface area contributed by atoms with Gasteiger partial charge in [0.2, 0.25) is 11.8 Å². The minimum Gasteiger partial charge on any atom is -0.402 e. The van der Waals surface area contributed by atoms with Crippen LogP contribution < -0.4 is 4.90 Å². The molecule has 0 aliphatic carbocycles. The first-order valence-corrected chi connectivity index (χ1v) is 8.04. The molecule has 2 aromatic rings. The molecule has 1 heterocycles. The van der Waals surface area contributed by atoms with Gasteiger partial charge in [0.05, 0.1) is 10.7 Å². The number of aliphatic imine (C=N–C) groups is 1. The highest BCUT2D eigenvalue weighted by molar-refractivity contribution is 6.36. The van der Waals surface area contributed by atoms with Crippen LogP contribution in [0.3, 0.4) is 0 Å². The van der Waals surface area contributed by atoms with Gasteiger partial charge in [-0.25, -0.2) is 9.79 Å². The van der Waals surface area contributed by atoms with Gasteiger partial charge in [-0.2, -0.15) is 0 Å². The summed E-state index contributed by atoms with van der Waals surface area (Å²) in [6.07, 6.45) is 1.30. The van der Waals surface area contributed by atoms with Crippen molar-refractivity contribution < 1.29 is 14.3 Å². The minimum atomic E-state index is -0.643. The number of rotatable bonds is 3. The quantitative estimate of drug-likeness (QED) is 0.597. The van der Waals surface area contributed by atoms with Crippen LogP contribution in [0.5, 0.6) is 0 Å². The topological polar surface area (TPSA) is 59.0 Å². The van der Waals surface area contributed by atoms with E-state index in [-0.39, 0.29) is 22.5 Å². The molecular weight excluding hydrogens is 363 g/mol. The molecular formula is C18H12Cl2N2O3. The van der Waals surface area contributed by atoms with E-state index in [4.69, 9.17) is 27.9 Å². The standard InChI is InChI=1S/C18H12Cl2N2O3/c1-11(23)22(16-8-7-13(19)9-14(16)20)10-15-18(24)25-17(21-15)12-5-3-2-4-6-12/h2-10H,1H3. The molecule has 0 N–H and O–H groups in total. The van der Waals surface area contributed by atoms with Gasteiger partial charge in [0.25, 0.3) is 0 Å². The van der Waals surface area contributed by atoms with E-state index < -0.39 is 5.97 Å². The molecule has 3 rings (SSSR count). The summed E-state index contributed by atoms with van der Waals surface area (Å²) >= 11 is 12.0. The molecule has 0 saturated heterocycles. The van der Waals surface area contributed by atoms with Crippen molar-refractivity contribution in [2.45, 2.75) is 6.92 Å². The first-order chi connectivity index (χ1) is 12.0. The zero-order valence-corrected chi connectivity index (χ0v) is 14.6. The predicted octanol–water partition coefficient (Wildman–Crippen LogP) is 4.19. The molecule has 1 aliphatic rings. The van der Waals surface area contributed by atoms with Crippen LogP contribution in [0.25, 0.3) is 0 Å². The lowest BCUT2D eigenvalue weighted by atomic mass is 10.2. The van der Waals surface area contributed by atoms with Crippen molar-refractivity contribution >= 4 is 46.7 Å². The summed E-state index contributed by atoms with van der Waals surface area (Å²) in [5.74, 6) is -0.800. The van der Waals surface area contributed by atoms with E-state index in [2.05, 4.69) is 4.99 Å². The Labute approximate surface area is 154 Å². The average molecular weight is 375 g/mol. The van der Waals surface area contributed by atoms with Gasteiger partial charge < -0.3 is 4.74 Å². The summed E-state index contributed by atoms with van der Waals surface area (Å²) in [5.41, 5.74) is 1.06. The van der Waals surface area contributed by atoms with E-state index in [1.807, 2.05) is 18.2 Å². The number of esters is 1. The third-order valence-corrected chi connectivity index (χ3v) is 3.94. The van der Waals surface area contributed by atoms with Crippen LogP contribution in [0.2, 0.25) is 10.0 Å². The monoisotopic (exact) mass is 374 g/mol. The van der Waals surface area contributed by atoms with E-state index in [0.717, 1.165) is 0 Å². The number of anilines is 1. The van der Waals surface area contributed by atoms with Gasteiger partial charge in [-0.05, 0) is 30.3 Å². The maximum atomic E-state index is 12.1. The summed E-state index contributed by atoms with van der Waals surface area (Å²) in [5, 5.41) is 0.716. The van der Waals surface area contributed by atoms with Gasteiger partial charge in [0.1, 0.15) is 0 Å². The molecule has 0 unspecified atom stereocenters. The van der Waals surface area contributed by atoms with Gasteiger partial charge in [0, 0.05) is 23.7 Å². The summed E-state index contributed by atoms with van der Waals surface area (Å²) in [7, 11) is 0. The summed E-state index contributed by atoms with van der Waals surface area (Å²) in [6, 6.07) is 13.7. The number of hydrogen-bond acceptors (Lipinski definition) is 4. The fraction of sp³-hybridized carbons (Fsp3) is 0.0556. The number of halogens is 2. The molecule has 0 saturated carbocycles.